The Morgan fingerprint density at radius 1 is 1.00 bits per heavy atom. The average Bonchev–Trinajstić information content (AvgIpc) is 3.15. The van der Waals surface area contributed by atoms with Gasteiger partial charge in [-0.3, -0.25) is 0 Å². The summed E-state index contributed by atoms with van der Waals surface area (Å²) < 4.78 is 19.2. The van der Waals surface area contributed by atoms with Crippen LogP contribution in [0.1, 0.15) is 29.3 Å². The van der Waals surface area contributed by atoms with E-state index in [1.165, 1.54) is 17.8 Å². The summed E-state index contributed by atoms with van der Waals surface area (Å²) in [6, 6.07) is 12.7. The molecule has 2 heterocycles. The van der Waals surface area contributed by atoms with Crippen molar-refractivity contribution in [1.82, 2.24) is 20.1 Å². The van der Waals surface area contributed by atoms with Gasteiger partial charge in [0, 0.05) is 5.56 Å². The number of halogens is 1. The van der Waals surface area contributed by atoms with Crippen molar-refractivity contribution in [1.29, 1.82) is 0 Å². The monoisotopic (exact) mass is 380 g/mol. The van der Waals surface area contributed by atoms with Gasteiger partial charge in [-0.1, -0.05) is 41.2 Å². The molecule has 0 aliphatic rings. The number of thioether (sulfide) groups is 1. The molecule has 1 unspecified atom stereocenters. The average molecular weight is 380 g/mol. The Morgan fingerprint density at radius 2 is 1.74 bits per heavy atom. The minimum atomic E-state index is -0.289. The Hall–Kier alpha value is -2.80. The third-order valence-electron chi connectivity index (χ3n) is 4.21. The number of para-hydroxylation sites is 2. The van der Waals surface area contributed by atoms with Gasteiger partial charge in [0.15, 0.2) is 0 Å². The molecule has 0 saturated heterocycles. The van der Waals surface area contributed by atoms with Crippen LogP contribution in [0, 0.1) is 19.7 Å². The molecule has 136 valence electrons. The van der Waals surface area contributed by atoms with Gasteiger partial charge < -0.3 is 4.52 Å². The van der Waals surface area contributed by atoms with E-state index in [2.05, 4.69) is 20.1 Å². The number of benzene rings is 2. The Kier molecular flexibility index (Phi) is 4.61. The molecule has 7 heteroatoms. The molecule has 0 aliphatic carbocycles. The quantitative estimate of drug-likeness (QED) is 0.448. The maximum Gasteiger partial charge on any atom is 0.240 e. The van der Waals surface area contributed by atoms with E-state index in [4.69, 9.17) is 4.52 Å². The summed E-state index contributed by atoms with van der Waals surface area (Å²) in [4.78, 5) is 13.7. The first-order valence-electron chi connectivity index (χ1n) is 8.51. The largest absolute Gasteiger partial charge is 0.338 e. The summed E-state index contributed by atoms with van der Waals surface area (Å²) in [5, 5.41) is 4.70. The highest BCUT2D eigenvalue weighted by molar-refractivity contribution is 7.99. The Bertz CT molecular complexity index is 1130. The lowest BCUT2D eigenvalue weighted by atomic mass is 10.1. The van der Waals surface area contributed by atoms with Crippen LogP contribution in [0.25, 0.3) is 22.4 Å². The molecular formula is C20H17FN4OS. The van der Waals surface area contributed by atoms with E-state index >= 15 is 0 Å². The molecular weight excluding hydrogens is 363 g/mol. The van der Waals surface area contributed by atoms with E-state index in [0.717, 1.165) is 21.8 Å². The number of nitrogens with zero attached hydrogens (tertiary/aromatic N) is 4. The van der Waals surface area contributed by atoms with Gasteiger partial charge >= 0.3 is 0 Å². The predicted octanol–water partition coefficient (Wildman–Crippen LogP) is 5.29. The highest BCUT2D eigenvalue weighted by Gasteiger charge is 2.19. The second-order valence-corrected chi connectivity index (χ2v) is 7.61. The van der Waals surface area contributed by atoms with Gasteiger partial charge in [0.05, 0.1) is 22.0 Å². The summed E-state index contributed by atoms with van der Waals surface area (Å²) >= 11 is 1.51. The van der Waals surface area contributed by atoms with Crippen molar-refractivity contribution in [2.75, 3.05) is 0 Å². The summed E-state index contributed by atoms with van der Waals surface area (Å²) in [6.07, 6.45) is 0. The minimum Gasteiger partial charge on any atom is -0.338 e. The van der Waals surface area contributed by atoms with Crippen LogP contribution >= 0.6 is 11.8 Å². The SMILES string of the molecule is Cc1ccc(-c2noc(C(C)Sc3nc4ccccc4nc3C)n2)cc1F. The zero-order valence-electron chi connectivity index (χ0n) is 15.1. The van der Waals surface area contributed by atoms with Crippen molar-refractivity contribution < 1.29 is 8.91 Å². The molecule has 2 aromatic heterocycles. The number of fused-ring (bicyclic) bond motifs is 1. The number of hydrogen-bond acceptors (Lipinski definition) is 6. The Balaban J connectivity index is 1.59. The van der Waals surface area contributed by atoms with Crippen LogP contribution in [0.2, 0.25) is 0 Å². The topological polar surface area (TPSA) is 64.7 Å². The second kappa shape index (κ2) is 7.08. The Morgan fingerprint density at radius 3 is 2.48 bits per heavy atom. The van der Waals surface area contributed by atoms with Gasteiger partial charge in [-0.2, -0.15) is 4.98 Å². The smallest absolute Gasteiger partial charge is 0.240 e. The fourth-order valence-electron chi connectivity index (χ4n) is 2.65. The third kappa shape index (κ3) is 3.55. The summed E-state index contributed by atoms with van der Waals surface area (Å²) in [5.41, 5.74) is 3.74. The molecule has 0 fully saturated rings. The molecule has 1 atom stereocenters. The van der Waals surface area contributed by atoms with E-state index in [9.17, 15) is 4.39 Å². The fraction of sp³-hybridized carbons (Fsp3) is 0.200. The molecule has 2 aromatic carbocycles. The molecule has 0 N–H and O–H groups in total. The van der Waals surface area contributed by atoms with Crippen molar-refractivity contribution in [3.8, 4) is 11.4 Å². The number of rotatable bonds is 4. The summed E-state index contributed by atoms with van der Waals surface area (Å²) in [5.74, 6) is 0.548. The van der Waals surface area contributed by atoms with Crippen LogP contribution in [-0.4, -0.2) is 20.1 Å². The van der Waals surface area contributed by atoms with E-state index in [-0.39, 0.29) is 11.1 Å². The molecule has 0 saturated carbocycles. The highest BCUT2D eigenvalue weighted by atomic mass is 32.2. The third-order valence-corrected chi connectivity index (χ3v) is 5.37. The number of aryl methyl sites for hydroxylation is 2. The van der Waals surface area contributed by atoms with E-state index in [1.54, 1.807) is 19.1 Å². The van der Waals surface area contributed by atoms with Crippen molar-refractivity contribution in [3.63, 3.8) is 0 Å². The lowest BCUT2D eigenvalue weighted by Crippen LogP contribution is -1.96. The van der Waals surface area contributed by atoms with Crippen molar-refractivity contribution >= 4 is 22.8 Å². The van der Waals surface area contributed by atoms with Crippen LogP contribution in [0.4, 0.5) is 4.39 Å². The lowest BCUT2D eigenvalue weighted by molar-refractivity contribution is 0.380. The normalized spacial score (nSPS) is 12.4. The first kappa shape index (κ1) is 17.6. The van der Waals surface area contributed by atoms with Gasteiger partial charge in [0.2, 0.25) is 11.7 Å². The molecule has 0 radical (unpaired) electrons. The van der Waals surface area contributed by atoms with Crippen LogP contribution in [0.5, 0.6) is 0 Å². The molecule has 0 aliphatic heterocycles. The second-order valence-electron chi connectivity index (χ2n) is 6.28. The van der Waals surface area contributed by atoms with Crippen molar-refractivity contribution in [3.05, 3.63) is 65.4 Å². The van der Waals surface area contributed by atoms with Crippen molar-refractivity contribution in [2.24, 2.45) is 0 Å². The first-order chi connectivity index (χ1) is 13.0. The van der Waals surface area contributed by atoms with Gasteiger partial charge in [0.1, 0.15) is 10.8 Å². The number of hydrogen-bond donors (Lipinski definition) is 0. The fourth-order valence-corrected chi connectivity index (χ4v) is 3.55. The molecule has 0 bridgehead atoms. The zero-order chi connectivity index (χ0) is 19.0. The van der Waals surface area contributed by atoms with Crippen LogP contribution in [0.3, 0.4) is 0 Å². The molecule has 0 spiro atoms. The predicted molar refractivity (Wildman–Crippen MR) is 103 cm³/mol. The molecule has 0 amide bonds. The molecule has 27 heavy (non-hydrogen) atoms. The van der Waals surface area contributed by atoms with Gasteiger partial charge in [-0.05, 0) is 44.5 Å². The number of aromatic nitrogens is 4. The minimum absolute atomic E-state index is 0.115. The maximum absolute atomic E-state index is 13.8. The van der Waals surface area contributed by atoms with Crippen LogP contribution in [0.15, 0.2) is 52.0 Å². The Labute approximate surface area is 160 Å². The van der Waals surface area contributed by atoms with Crippen molar-refractivity contribution in [2.45, 2.75) is 31.0 Å². The van der Waals surface area contributed by atoms with Crippen LogP contribution < -0.4 is 0 Å². The van der Waals surface area contributed by atoms with E-state index in [1.807, 2.05) is 38.1 Å². The summed E-state index contributed by atoms with van der Waals surface area (Å²) in [7, 11) is 0. The van der Waals surface area contributed by atoms with Gasteiger partial charge in [0.25, 0.3) is 0 Å². The van der Waals surface area contributed by atoms with Gasteiger partial charge in [-0.25, -0.2) is 14.4 Å². The zero-order valence-corrected chi connectivity index (χ0v) is 15.9. The van der Waals surface area contributed by atoms with Crippen LogP contribution in [-0.2, 0) is 0 Å². The highest BCUT2D eigenvalue weighted by Crippen LogP contribution is 2.35. The van der Waals surface area contributed by atoms with Gasteiger partial charge in [-0.15, -0.1) is 0 Å². The molecule has 4 aromatic rings. The molecule has 5 nitrogen and oxygen atoms in total. The first-order valence-corrected chi connectivity index (χ1v) is 9.39. The maximum atomic E-state index is 13.8. The van der Waals surface area contributed by atoms with E-state index in [0.29, 0.717) is 22.8 Å². The lowest BCUT2D eigenvalue weighted by Gasteiger charge is -2.09. The van der Waals surface area contributed by atoms with E-state index < -0.39 is 0 Å². The summed E-state index contributed by atoms with van der Waals surface area (Å²) in [6.45, 7) is 5.61. The molecule has 4 rings (SSSR count). The standard InChI is InChI=1S/C20H17FN4OS/c1-11-8-9-14(10-15(11)21)18-24-19(26-25-18)13(3)27-20-12(2)22-16-6-4-5-7-17(16)23-20/h4-10,13H,1-3H3.